The fourth-order valence-corrected chi connectivity index (χ4v) is 3.64. The first kappa shape index (κ1) is 22.5. The Hall–Kier alpha value is -3.65. The molecule has 0 atom stereocenters. The van der Waals surface area contributed by atoms with E-state index in [0.29, 0.717) is 42.5 Å². The topological polar surface area (TPSA) is 74.8 Å². The second-order valence-electron chi connectivity index (χ2n) is 7.43. The van der Waals surface area contributed by atoms with Crippen molar-refractivity contribution in [1.82, 2.24) is 9.88 Å². The molecule has 3 aromatic rings. The van der Waals surface area contributed by atoms with Crippen LogP contribution >= 0.6 is 11.6 Å². The second-order valence-corrected chi connectivity index (χ2v) is 7.86. The van der Waals surface area contributed by atoms with Crippen LogP contribution in [-0.4, -0.2) is 54.5 Å². The number of hydrogen-bond donors (Lipinski definition) is 1. The monoisotopic (exact) mass is 468 g/mol. The summed E-state index contributed by atoms with van der Waals surface area (Å²) in [5, 5.41) is 3.04. The molecule has 4 rings (SSSR count). The number of aromatic nitrogens is 1. The molecule has 1 N–H and O–H groups in total. The molecular weight excluding hydrogens is 447 g/mol. The van der Waals surface area contributed by atoms with Gasteiger partial charge in [-0.05, 0) is 36.4 Å². The number of carbonyl (C=O) groups excluding carboxylic acids is 2. The van der Waals surface area contributed by atoms with E-state index in [2.05, 4.69) is 15.2 Å². The van der Waals surface area contributed by atoms with E-state index in [1.165, 1.54) is 18.2 Å². The van der Waals surface area contributed by atoms with Crippen LogP contribution in [0.2, 0.25) is 5.02 Å². The van der Waals surface area contributed by atoms with Crippen molar-refractivity contribution >= 4 is 34.9 Å². The molecular formula is C24H22ClFN4O3. The van der Waals surface area contributed by atoms with Crippen molar-refractivity contribution in [3.8, 4) is 5.75 Å². The maximum absolute atomic E-state index is 13.7. The lowest BCUT2D eigenvalue weighted by Gasteiger charge is -2.35. The molecule has 2 heterocycles. The summed E-state index contributed by atoms with van der Waals surface area (Å²) in [6.07, 6.45) is 1.60. The summed E-state index contributed by atoms with van der Waals surface area (Å²) < 4.78 is 19.3. The number of hydrogen-bond acceptors (Lipinski definition) is 5. The van der Waals surface area contributed by atoms with Gasteiger partial charge in [-0.1, -0.05) is 35.9 Å². The SMILES string of the molecule is O=C(COc1ccccc1C(=O)N1CCN(c2ccc(Cl)cn2)CC1)Nc1ccccc1F. The Bertz CT molecular complexity index is 1130. The summed E-state index contributed by atoms with van der Waals surface area (Å²) in [6, 6.07) is 16.3. The van der Waals surface area contributed by atoms with Crippen molar-refractivity contribution in [3.05, 3.63) is 83.3 Å². The minimum Gasteiger partial charge on any atom is -0.483 e. The number of halogens is 2. The molecule has 0 bridgehead atoms. The second kappa shape index (κ2) is 10.3. The first-order valence-electron chi connectivity index (χ1n) is 10.4. The highest BCUT2D eigenvalue weighted by molar-refractivity contribution is 6.30. The van der Waals surface area contributed by atoms with Crippen molar-refractivity contribution in [3.63, 3.8) is 0 Å². The van der Waals surface area contributed by atoms with Gasteiger partial charge in [0.1, 0.15) is 17.4 Å². The highest BCUT2D eigenvalue weighted by atomic mass is 35.5. The van der Waals surface area contributed by atoms with Crippen LogP contribution in [-0.2, 0) is 4.79 Å². The van der Waals surface area contributed by atoms with Gasteiger partial charge in [-0.15, -0.1) is 0 Å². The van der Waals surface area contributed by atoms with Crippen LogP contribution in [0, 0.1) is 5.82 Å². The number of nitrogens with zero attached hydrogens (tertiary/aromatic N) is 3. The zero-order valence-electron chi connectivity index (χ0n) is 17.7. The molecule has 1 aliphatic heterocycles. The lowest BCUT2D eigenvalue weighted by Crippen LogP contribution is -2.49. The first-order chi connectivity index (χ1) is 16.0. The van der Waals surface area contributed by atoms with Gasteiger partial charge >= 0.3 is 0 Å². The molecule has 33 heavy (non-hydrogen) atoms. The Balaban J connectivity index is 1.36. The molecule has 0 unspecified atom stereocenters. The Labute approximate surface area is 195 Å². The number of piperazine rings is 1. The van der Waals surface area contributed by atoms with E-state index in [4.69, 9.17) is 16.3 Å². The van der Waals surface area contributed by atoms with E-state index < -0.39 is 11.7 Å². The molecule has 1 aromatic heterocycles. The lowest BCUT2D eigenvalue weighted by molar-refractivity contribution is -0.118. The van der Waals surface area contributed by atoms with Gasteiger partial charge in [0.2, 0.25) is 0 Å². The third-order valence-corrected chi connectivity index (χ3v) is 5.45. The lowest BCUT2D eigenvalue weighted by atomic mass is 10.1. The normalized spacial score (nSPS) is 13.5. The summed E-state index contributed by atoms with van der Waals surface area (Å²) >= 11 is 5.90. The third kappa shape index (κ3) is 5.59. The van der Waals surface area contributed by atoms with Crippen molar-refractivity contribution < 1.29 is 18.7 Å². The van der Waals surface area contributed by atoms with Gasteiger partial charge in [-0.25, -0.2) is 9.37 Å². The minimum atomic E-state index is -0.533. The number of anilines is 2. The Morgan fingerprint density at radius 2 is 1.73 bits per heavy atom. The Morgan fingerprint density at radius 1 is 1.00 bits per heavy atom. The molecule has 9 heteroatoms. The van der Waals surface area contributed by atoms with Crippen molar-refractivity contribution in [2.45, 2.75) is 0 Å². The first-order valence-corrected chi connectivity index (χ1v) is 10.8. The maximum Gasteiger partial charge on any atom is 0.262 e. The van der Waals surface area contributed by atoms with Crippen LogP contribution in [0.1, 0.15) is 10.4 Å². The Kier molecular flexibility index (Phi) is 7.04. The smallest absolute Gasteiger partial charge is 0.262 e. The molecule has 0 spiro atoms. The van der Waals surface area contributed by atoms with E-state index in [9.17, 15) is 14.0 Å². The predicted octanol–water partition coefficient (Wildman–Crippen LogP) is 3.85. The molecule has 1 fully saturated rings. The largest absolute Gasteiger partial charge is 0.483 e. The van der Waals surface area contributed by atoms with E-state index in [1.54, 1.807) is 47.5 Å². The summed E-state index contributed by atoms with van der Waals surface area (Å²) in [5.41, 5.74) is 0.442. The van der Waals surface area contributed by atoms with Gasteiger partial charge in [0, 0.05) is 32.4 Å². The van der Waals surface area contributed by atoms with Crippen LogP contribution in [0.15, 0.2) is 66.9 Å². The molecule has 2 aromatic carbocycles. The average Bonchev–Trinajstić information content (AvgIpc) is 2.84. The molecule has 0 aliphatic carbocycles. The molecule has 170 valence electrons. The van der Waals surface area contributed by atoms with E-state index in [0.717, 1.165) is 5.82 Å². The quantitative estimate of drug-likeness (QED) is 0.594. The molecule has 2 amide bonds. The van der Waals surface area contributed by atoms with Crippen LogP contribution in [0.4, 0.5) is 15.9 Å². The predicted molar refractivity (Wildman–Crippen MR) is 124 cm³/mol. The van der Waals surface area contributed by atoms with Gasteiger partial charge in [0.25, 0.3) is 11.8 Å². The number of amides is 2. The van der Waals surface area contributed by atoms with E-state index >= 15 is 0 Å². The number of nitrogens with one attached hydrogen (secondary N) is 1. The Morgan fingerprint density at radius 3 is 2.45 bits per heavy atom. The summed E-state index contributed by atoms with van der Waals surface area (Å²) in [4.78, 5) is 33.5. The number of carbonyl (C=O) groups is 2. The van der Waals surface area contributed by atoms with E-state index in [-0.39, 0.29) is 18.2 Å². The number of benzene rings is 2. The van der Waals surface area contributed by atoms with Crippen LogP contribution in [0.3, 0.4) is 0 Å². The van der Waals surface area contributed by atoms with Gasteiger partial charge < -0.3 is 19.9 Å². The number of para-hydroxylation sites is 2. The van der Waals surface area contributed by atoms with Crippen molar-refractivity contribution in [1.29, 1.82) is 0 Å². The van der Waals surface area contributed by atoms with Gasteiger partial charge in [0.15, 0.2) is 6.61 Å². The minimum absolute atomic E-state index is 0.0727. The van der Waals surface area contributed by atoms with Gasteiger partial charge in [-0.3, -0.25) is 9.59 Å². The highest BCUT2D eigenvalue weighted by Gasteiger charge is 2.25. The number of ether oxygens (including phenoxy) is 1. The number of pyridine rings is 1. The highest BCUT2D eigenvalue weighted by Crippen LogP contribution is 2.22. The average molecular weight is 469 g/mol. The van der Waals surface area contributed by atoms with Gasteiger partial charge in [0.05, 0.1) is 16.3 Å². The fraction of sp³-hybridized carbons (Fsp3) is 0.208. The van der Waals surface area contributed by atoms with E-state index in [1.807, 2.05) is 6.07 Å². The number of rotatable bonds is 6. The van der Waals surface area contributed by atoms with Gasteiger partial charge in [-0.2, -0.15) is 0 Å². The van der Waals surface area contributed by atoms with Crippen LogP contribution < -0.4 is 15.0 Å². The van der Waals surface area contributed by atoms with Crippen molar-refractivity contribution in [2.75, 3.05) is 43.0 Å². The molecule has 7 nitrogen and oxygen atoms in total. The molecule has 0 saturated carbocycles. The molecule has 0 radical (unpaired) electrons. The standard InChI is InChI=1S/C24H22ClFN4O3/c25-17-9-10-22(27-15-17)29-11-13-30(14-12-29)24(32)18-5-1-4-8-21(18)33-16-23(31)28-20-7-3-2-6-19(20)26/h1-10,15H,11-14,16H2,(H,28,31). The third-order valence-electron chi connectivity index (χ3n) is 5.23. The van der Waals surface area contributed by atoms with Crippen LogP contribution in [0.5, 0.6) is 5.75 Å². The summed E-state index contributed by atoms with van der Waals surface area (Å²) in [6.45, 7) is 1.95. The molecule has 1 aliphatic rings. The maximum atomic E-state index is 13.7. The van der Waals surface area contributed by atoms with Crippen LogP contribution in [0.25, 0.3) is 0 Å². The van der Waals surface area contributed by atoms with Crippen molar-refractivity contribution in [2.24, 2.45) is 0 Å². The zero-order chi connectivity index (χ0) is 23.2. The summed E-state index contributed by atoms with van der Waals surface area (Å²) in [5.74, 6) is -0.117. The zero-order valence-corrected chi connectivity index (χ0v) is 18.5. The summed E-state index contributed by atoms with van der Waals surface area (Å²) in [7, 11) is 0. The fourth-order valence-electron chi connectivity index (χ4n) is 3.53. The molecule has 1 saturated heterocycles.